The molecule has 0 aliphatic carbocycles. The van der Waals surface area contributed by atoms with Crippen molar-refractivity contribution in [2.24, 2.45) is 5.10 Å². The lowest BCUT2D eigenvalue weighted by Gasteiger charge is -2.10. The van der Waals surface area contributed by atoms with Gasteiger partial charge in [-0.3, -0.25) is 10.1 Å². The monoisotopic (exact) mass is 455 g/mol. The molecule has 5 rings (SSSR count). The molecule has 0 saturated heterocycles. The molecular weight excluding hydrogens is 434 g/mol. The summed E-state index contributed by atoms with van der Waals surface area (Å²) >= 11 is 1.70. The lowest BCUT2D eigenvalue weighted by atomic mass is 9.97. The molecule has 0 radical (unpaired) electrons. The molecule has 1 aliphatic heterocycles. The fourth-order valence-electron chi connectivity index (χ4n) is 3.93. The van der Waals surface area contributed by atoms with Crippen LogP contribution in [0, 0.1) is 10.1 Å². The number of nitrogens with zero attached hydrogens (tertiary/aromatic N) is 4. The molecule has 0 spiro atoms. The summed E-state index contributed by atoms with van der Waals surface area (Å²) in [5.74, 6) is 0. The number of hydrazone groups is 1. The van der Waals surface area contributed by atoms with Gasteiger partial charge in [-0.25, -0.2) is 4.68 Å². The van der Waals surface area contributed by atoms with Crippen LogP contribution in [0.2, 0.25) is 0 Å². The Hall–Kier alpha value is -3.91. The molecule has 2 heterocycles. The normalized spacial score (nSPS) is 15.2. The van der Waals surface area contributed by atoms with Gasteiger partial charge in [-0.15, -0.1) is 11.8 Å². The summed E-state index contributed by atoms with van der Waals surface area (Å²) in [7, 11) is 0. The van der Waals surface area contributed by atoms with Gasteiger partial charge in [-0.05, 0) is 30.5 Å². The molecule has 0 bridgehead atoms. The number of aromatic nitrogens is 2. The number of non-ortho nitro benzene ring substituents is 1. The van der Waals surface area contributed by atoms with E-state index in [0.29, 0.717) is 6.42 Å². The minimum absolute atomic E-state index is 0.0603. The maximum Gasteiger partial charge on any atom is 0.270 e. The van der Waals surface area contributed by atoms with Crippen molar-refractivity contribution >= 4 is 23.2 Å². The lowest BCUT2D eigenvalue weighted by Crippen LogP contribution is -2.10. The van der Waals surface area contributed by atoms with E-state index in [1.807, 2.05) is 47.3 Å². The van der Waals surface area contributed by atoms with Crippen LogP contribution in [0.3, 0.4) is 0 Å². The molecule has 1 unspecified atom stereocenters. The Morgan fingerprint density at radius 1 is 1.03 bits per heavy atom. The molecule has 7 nitrogen and oxygen atoms in total. The van der Waals surface area contributed by atoms with E-state index in [1.54, 1.807) is 23.9 Å². The van der Waals surface area contributed by atoms with Gasteiger partial charge >= 0.3 is 0 Å². The van der Waals surface area contributed by atoms with Gasteiger partial charge in [0, 0.05) is 46.3 Å². The van der Waals surface area contributed by atoms with Crippen molar-refractivity contribution in [1.29, 1.82) is 0 Å². The summed E-state index contributed by atoms with van der Waals surface area (Å²) < 4.78 is 1.89. The van der Waals surface area contributed by atoms with E-state index in [0.717, 1.165) is 33.8 Å². The van der Waals surface area contributed by atoms with Crippen LogP contribution in [0.5, 0.6) is 0 Å². The van der Waals surface area contributed by atoms with Crippen molar-refractivity contribution in [3.8, 4) is 16.9 Å². The Bertz CT molecular complexity index is 1330. The number of hydrogen-bond donors (Lipinski definition) is 1. The van der Waals surface area contributed by atoms with Crippen LogP contribution in [0.15, 0.2) is 95.1 Å². The van der Waals surface area contributed by atoms with Gasteiger partial charge in [-0.1, -0.05) is 42.5 Å². The predicted molar refractivity (Wildman–Crippen MR) is 131 cm³/mol. The Labute approximate surface area is 195 Å². The number of nitrogens with one attached hydrogen (secondary N) is 1. The van der Waals surface area contributed by atoms with Crippen molar-refractivity contribution in [3.05, 3.63) is 106 Å². The number of para-hydroxylation sites is 1. The van der Waals surface area contributed by atoms with E-state index < -0.39 is 0 Å². The largest absolute Gasteiger partial charge is 0.302 e. The highest BCUT2D eigenvalue weighted by molar-refractivity contribution is 7.98. The van der Waals surface area contributed by atoms with Crippen molar-refractivity contribution in [2.75, 3.05) is 6.26 Å². The molecule has 1 aliphatic rings. The van der Waals surface area contributed by atoms with Crippen LogP contribution in [0.1, 0.15) is 23.6 Å². The third-order valence-corrected chi connectivity index (χ3v) is 6.39. The van der Waals surface area contributed by atoms with E-state index in [-0.39, 0.29) is 16.7 Å². The van der Waals surface area contributed by atoms with Crippen LogP contribution >= 0.6 is 11.8 Å². The quantitative estimate of drug-likeness (QED) is 0.232. The summed E-state index contributed by atoms with van der Waals surface area (Å²) in [6.45, 7) is 0. The summed E-state index contributed by atoms with van der Waals surface area (Å²) in [4.78, 5) is 12.0. The van der Waals surface area contributed by atoms with Crippen molar-refractivity contribution in [2.45, 2.75) is 17.4 Å². The van der Waals surface area contributed by atoms with Crippen LogP contribution in [-0.2, 0) is 0 Å². The molecule has 4 aromatic rings. The zero-order chi connectivity index (χ0) is 22.8. The Balaban J connectivity index is 1.50. The molecule has 3 aromatic carbocycles. The van der Waals surface area contributed by atoms with Gasteiger partial charge in [0.05, 0.1) is 28.1 Å². The second-order valence-electron chi connectivity index (χ2n) is 7.69. The highest BCUT2D eigenvalue weighted by atomic mass is 32.2. The van der Waals surface area contributed by atoms with Gasteiger partial charge in [0.2, 0.25) is 0 Å². The Morgan fingerprint density at radius 2 is 1.82 bits per heavy atom. The van der Waals surface area contributed by atoms with Gasteiger partial charge in [0.25, 0.3) is 5.69 Å². The first-order valence-electron chi connectivity index (χ1n) is 10.5. The number of thioether (sulfide) groups is 1. The minimum atomic E-state index is -0.385. The predicted octanol–water partition coefficient (Wildman–Crippen LogP) is 5.61. The number of nitro benzene ring substituents is 1. The first-order chi connectivity index (χ1) is 16.1. The highest BCUT2D eigenvalue weighted by Gasteiger charge is 2.27. The lowest BCUT2D eigenvalue weighted by molar-refractivity contribution is -0.384. The maximum atomic E-state index is 11.2. The second-order valence-corrected chi connectivity index (χ2v) is 8.57. The van der Waals surface area contributed by atoms with E-state index in [1.165, 1.54) is 11.0 Å². The van der Waals surface area contributed by atoms with Gasteiger partial charge in [-0.2, -0.15) is 10.2 Å². The molecule has 1 N–H and O–H groups in total. The first-order valence-corrected chi connectivity index (χ1v) is 11.7. The van der Waals surface area contributed by atoms with Crippen molar-refractivity contribution in [3.63, 3.8) is 0 Å². The SMILES string of the molecule is CSc1ccc(-c2nn(-c3ccccc3)cc2C2CC(c3cccc([N+](=O)[O-])c3)=NN2)cc1. The number of benzene rings is 3. The number of nitro groups is 1. The van der Waals surface area contributed by atoms with Crippen LogP contribution in [0.25, 0.3) is 16.9 Å². The van der Waals surface area contributed by atoms with E-state index in [2.05, 4.69) is 41.0 Å². The molecule has 0 saturated carbocycles. The van der Waals surface area contributed by atoms with Gasteiger partial charge < -0.3 is 5.43 Å². The standard InChI is InChI=1S/C25H21N5O2S/c1-33-21-12-10-17(11-13-21)25-22(16-29(28-25)19-7-3-2-4-8-19)24-15-23(26-27-24)18-6-5-9-20(14-18)30(31)32/h2-14,16,24,27H,15H2,1H3. The fraction of sp³-hybridized carbons (Fsp3) is 0.120. The summed E-state index contributed by atoms with van der Waals surface area (Å²) in [6, 6.07) is 24.9. The molecule has 1 aromatic heterocycles. The van der Waals surface area contributed by atoms with Crippen molar-refractivity contribution in [1.82, 2.24) is 15.2 Å². The molecule has 0 amide bonds. The fourth-order valence-corrected chi connectivity index (χ4v) is 4.34. The molecule has 1 atom stereocenters. The molecular formula is C25H21N5O2S. The smallest absolute Gasteiger partial charge is 0.270 e. The summed E-state index contributed by atoms with van der Waals surface area (Å²) in [6.07, 6.45) is 4.70. The van der Waals surface area contributed by atoms with E-state index in [4.69, 9.17) is 5.10 Å². The molecule has 0 fully saturated rings. The average Bonchev–Trinajstić information content (AvgIpc) is 3.52. The number of rotatable bonds is 6. The van der Waals surface area contributed by atoms with Gasteiger partial charge in [0.1, 0.15) is 0 Å². The Morgan fingerprint density at radius 3 is 2.55 bits per heavy atom. The topological polar surface area (TPSA) is 85.3 Å². The van der Waals surface area contributed by atoms with E-state index >= 15 is 0 Å². The van der Waals surface area contributed by atoms with Crippen molar-refractivity contribution < 1.29 is 4.92 Å². The molecule has 33 heavy (non-hydrogen) atoms. The zero-order valence-corrected chi connectivity index (χ0v) is 18.7. The summed E-state index contributed by atoms with van der Waals surface area (Å²) in [5.41, 5.74) is 8.75. The third kappa shape index (κ3) is 4.25. The third-order valence-electron chi connectivity index (χ3n) is 5.65. The maximum absolute atomic E-state index is 11.2. The summed E-state index contributed by atoms with van der Waals surface area (Å²) in [5, 5.41) is 20.6. The molecule has 8 heteroatoms. The minimum Gasteiger partial charge on any atom is -0.302 e. The average molecular weight is 456 g/mol. The van der Waals surface area contributed by atoms with Gasteiger partial charge in [0.15, 0.2) is 0 Å². The first kappa shape index (κ1) is 21.0. The number of hydrogen-bond acceptors (Lipinski definition) is 6. The van der Waals surface area contributed by atoms with Crippen LogP contribution in [0.4, 0.5) is 5.69 Å². The van der Waals surface area contributed by atoms with Crippen LogP contribution < -0.4 is 5.43 Å². The Kier molecular flexibility index (Phi) is 5.66. The highest BCUT2D eigenvalue weighted by Crippen LogP contribution is 2.34. The second kappa shape index (κ2) is 8.91. The zero-order valence-electron chi connectivity index (χ0n) is 17.9. The van der Waals surface area contributed by atoms with E-state index in [9.17, 15) is 10.1 Å². The molecule has 164 valence electrons. The van der Waals surface area contributed by atoms with Crippen LogP contribution in [-0.4, -0.2) is 26.7 Å².